The Morgan fingerprint density at radius 1 is 0.833 bits per heavy atom. The highest BCUT2D eigenvalue weighted by Crippen LogP contribution is 2.10. The van der Waals surface area contributed by atoms with E-state index >= 15 is 0 Å². The Morgan fingerprint density at radius 3 is 2.06 bits per heavy atom. The van der Waals surface area contributed by atoms with Crippen LogP contribution in [0.4, 0.5) is 0 Å². The molecule has 0 spiro atoms. The Hall–Kier alpha value is -4.37. The molecule has 268 valence electrons. The molecular formula is C33H51N5O10. The topological polar surface area (TPSA) is 232 Å². The van der Waals surface area contributed by atoms with Crippen LogP contribution in [0.25, 0.3) is 0 Å². The van der Waals surface area contributed by atoms with Gasteiger partial charge in [0, 0.05) is 6.42 Å². The normalized spacial score (nSPS) is 12.7. The molecule has 0 saturated carbocycles. The van der Waals surface area contributed by atoms with E-state index in [1.165, 1.54) is 0 Å². The summed E-state index contributed by atoms with van der Waals surface area (Å²) in [4.78, 5) is 84.9. The predicted octanol–water partition coefficient (Wildman–Crippen LogP) is 0.726. The lowest BCUT2D eigenvalue weighted by molar-refractivity contribution is -0.149. The van der Waals surface area contributed by atoms with Crippen LogP contribution < -0.4 is 27.0 Å². The van der Waals surface area contributed by atoms with Crippen molar-refractivity contribution < 1.29 is 48.1 Å². The van der Waals surface area contributed by atoms with Crippen LogP contribution in [0.5, 0.6) is 0 Å². The minimum absolute atomic E-state index is 0.155. The molecule has 0 aromatic heterocycles. The third-order valence-electron chi connectivity index (χ3n) is 7.12. The summed E-state index contributed by atoms with van der Waals surface area (Å²) in [7, 11) is 0. The molecule has 48 heavy (non-hydrogen) atoms. The summed E-state index contributed by atoms with van der Waals surface area (Å²) in [5, 5.41) is 18.9. The molecule has 0 aliphatic carbocycles. The molecule has 1 aromatic rings. The van der Waals surface area contributed by atoms with Gasteiger partial charge in [-0.25, -0.2) is 4.79 Å². The monoisotopic (exact) mass is 677 g/mol. The lowest BCUT2D eigenvalue weighted by Gasteiger charge is -2.24. The van der Waals surface area contributed by atoms with Gasteiger partial charge in [0.1, 0.15) is 24.4 Å². The number of carbonyl (C=O) groups is 7. The first-order chi connectivity index (χ1) is 23.0. The highest BCUT2D eigenvalue weighted by molar-refractivity contribution is 5.95. The standard InChI is InChI=1S/C33H51N5O10/c1-23(2)30(33(46)48-17-13-8-6-4-3-5-7-12-16-39)38-32(45)25(18-29(42)43)36-28(41)20-35-31(44)26(37-27(40)19-34)22-47-21-24-14-10-9-11-15-24/h9-11,14-16,23,25-26,30H,3-8,12-13,17-22,34H2,1-2H3,(H,35,44)(H,36,41)(H,37,40)(H,38,45)(H,42,43)/t25-,26-,30-/m0/s1. The average molecular weight is 678 g/mol. The molecule has 4 amide bonds. The fourth-order valence-electron chi connectivity index (χ4n) is 4.45. The highest BCUT2D eigenvalue weighted by Gasteiger charge is 2.31. The molecule has 1 rings (SSSR count). The van der Waals surface area contributed by atoms with Crippen LogP contribution in [0.2, 0.25) is 0 Å². The number of carbonyl (C=O) groups excluding carboxylic acids is 6. The molecule has 0 heterocycles. The molecule has 0 fully saturated rings. The van der Waals surface area contributed by atoms with Gasteiger partial charge >= 0.3 is 11.9 Å². The van der Waals surface area contributed by atoms with Crippen molar-refractivity contribution in [2.75, 3.05) is 26.3 Å². The number of esters is 1. The number of carboxylic acids is 1. The van der Waals surface area contributed by atoms with E-state index in [1.54, 1.807) is 13.8 Å². The van der Waals surface area contributed by atoms with Crippen molar-refractivity contribution in [2.45, 2.75) is 96.4 Å². The predicted molar refractivity (Wildman–Crippen MR) is 175 cm³/mol. The van der Waals surface area contributed by atoms with Crippen molar-refractivity contribution in [1.29, 1.82) is 0 Å². The fraction of sp³-hybridized carbons (Fsp3) is 0.606. The number of nitrogens with two attached hydrogens (primary N) is 1. The van der Waals surface area contributed by atoms with Crippen LogP contribution in [-0.2, 0) is 49.6 Å². The van der Waals surface area contributed by atoms with Gasteiger partial charge in [-0.1, -0.05) is 76.3 Å². The smallest absolute Gasteiger partial charge is 0.328 e. The van der Waals surface area contributed by atoms with Crippen molar-refractivity contribution in [3.63, 3.8) is 0 Å². The molecule has 15 nitrogen and oxygen atoms in total. The molecule has 3 atom stereocenters. The number of unbranched alkanes of at least 4 members (excludes halogenated alkanes) is 7. The van der Waals surface area contributed by atoms with Gasteiger partial charge in [0.25, 0.3) is 0 Å². The van der Waals surface area contributed by atoms with Crippen LogP contribution >= 0.6 is 0 Å². The van der Waals surface area contributed by atoms with Crippen molar-refractivity contribution in [3.05, 3.63) is 35.9 Å². The molecular weight excluding hydrogens is 626 g/mol. The summed E-state index contributed by atoms with van der Waals surface area (Å²) < 4.78 is 10.9. The molecule has 0 bridgehead atoms. The fourth-order valence-corrected chi connectivity index (χ4v) is 4.45. The van der Waals surface area contributed by atoms with Crippen LogP contribution in [0.1, 0.15) is 77.2 Å². The number of hydrogen-bond acceptors (Lipinski definition) is 10. The van der Waals surface area contributed by atoms with E-state index in [-0.39, 0.29) is 26.4 Å². The zero-order chi connectivity index (χ0) is 35.7. The molecule has 0 aliphatic rings. The number of nitrogens with one attached hydrogen (secondary N) is 4. The molecule has 0 unspecified atom stereocenters. The Balaban J connectivity index is 2.65. The molecule has 1 aromatic carbocycles. The van der Waals surface area contributed by atoms with Gasteiger partial charge in [0.15, 0.2) is 0 Å². The zero-order valence-corrected chi connectivity index (χ0v) is 27.9. The van der Waals surface area contributed by atoms with Gasteiger partial charge in [-0.15, -0.1) is 0 Å². The van der Waals surface area contributed by atoms with Crippen molar-refractivity contribution in [3.8, 4) is 0 Å². The van der Waals surface area contributed by atoms with E-state index < -0.39 is 72.6 Å². The number of amides is 4. The van der Waals surface area contributed by atoms with Crippen LogP contribution in [0.3, 0.4) is 0 Å². The highest BCUT2D eigenvalue weighted by atomic mass is 16.5. The molecule has 0 saturated heterocycles. The maximum absolute atomic E-state index is 13.0. The Bertz CT molecular complexity index is 1160. The van der Waals surface area contributed by atoms with Crippen molar-refractivity contribution in [2.24, 2.45) is 11.7 Å². The SMILES string of the molecule is CC(C)[C@H](NC(=O)[C@H](CC(=O)O)NC(=O)CNC(=O)[C@H](COCc1ccccc1)NC(=O)CN)C(=O)OCCCCCCCCCC=O. The summed E-state index contributed by atoms with van der Waals surface area (Å²) in [6, 6.07) is 5.27. The molecule has 0 aliphatic heterocycles. The van der Waals surface area contributed by atoms with E-state index in [4.69, 9.17) is 15.2 Å². The Kier molecular flexibility index (Phi) is 21.5. The third kappa shape index (κ3) is 18.7. The van der Waals surface area contributed by atoms with E-state index in [0.29, 0.717) is 12.8 Å². The lowest BCUT2D eigenvalue weighted by atomic mass is 10.0. The van der Waals surface area contributed by atoms with E-state index in [2.05, 4.69) is 21.3 Å². The summed E-state index contributed by atoms with van der Waals surface area (Å²) >= 11 is 0. The van der Waals surface area contributed by atoms with Gasteiger partial charge in [-0.2, -0.15) is 0 Å². The van der Waals surface area contributed by atoms with Gasteiger partial charge in [0.2, 0.25) is 23.6 Å². The second-order valence-corrected chi connectivity index (χ2v) is 11.6. The number of hydrogen-bond donors (Lipinski definition) is 6. The quantitative estimate of drug-likeness (QED) is 0.0454. The van der Waals surface area contributed by atoms with E-state index in [9.17, 15) is 38.7 Å². The summed E-state index contributed by atoms with van der Waals surface area (Å²) in [5.41, 5.74) is 6.18. The zero-order valence-electron chi connectivity index (χ0n) is 27.9. The largest absolute Gasteiger partial charge is 0.481 e. The maximum Gasteiger partial charge on any atom is 0.328 e. The number of ether oxygens (including phenoxy) is 2. The van der Waals surface area contributed by atoms with Crippen LogP contribution in [-0.4, -0.2) is 91.4 Å². The number of rotatable bonds is 26. The van der Waals surface area contributed by atoms with Gasteiger partial charge in [-0.3, -0.25) is 24.0 Å². The van der Waals surface area contributed by atoms with Crippen molar-refractivity contribution >= 4 is 41.9 Å². The summed E-state index contributed by atoms with van der Waals surface area (Å²) in [5.74, 6) is -5.66. The first-order valence-electron chi connectivity index (χ1n) is 16.3. The van der Waals surface area contributed by atoms with Gasteiger partial charge < -0.3 is 46.4 Å². The van der Waals surface area contributed by atoms with Crippen molar-refractivity contribution in [1.82, 2.24) is 21.3 Å². The van der Waals surface area contributed by atoms with E-state index in [0.717, 1.165) is 50.4 Å². The summed E-state index contributed by atoms with van der Waals surface area (Å²) in [6.07, 6.45) is 7.11. The number of aldehydes is 1. The molecule has 15 heteroatoms. The Labute approximate surface area is 281 Å². The second-order valence-electron chi connectivity index (χ2n) is 11.6. The van der Waals surface area contributed by atoms with E-state index in [1.807, 2.05) is 30.3 Å². The Morgan fingerprint density at radius 2 is 1.46 bits per heavy atom. The minimum Gasteiger partial charge on any atom is -0.481 e. The maximum atomic E-state index is 13.0. The first kappa shape index (κ1) is 41.7. The average Bonchev–Trinajstić information content (AvgIpc) is 3.05. The van der Waals surface area contributed by atoms with Gasteiger partial charge in [-0.05, 0) is 24.3 Å². The number of aliphatic carboxylic acids is 1. The minimum atomic E-state index is -1.56. The number of carboxylic acid groups (broad SMARTS) is 1. The first-order valence-corrected chi connectivity index (χ1v) is 16.3. The molecule has 0 radical (unpaired) electrons. The van der Waals surface area contributed by atoms with Crippen LogP contribution in [0, 0.1) is 5.92 Å². The lowest BCUT2D eigenvalue weighted by Crippen LogP contribution is -2.56. The van der Waals surface area contributed by atoms with Gasteiger partial charge in [0.05, 0.1) is 39.3 Å². The van der Waals surface area contributed by atoms with Crippen LogP contribution in [0.15, 0.2) is 30.3 Å². The summed E-state index contributed by atoms with van der Waals surface area (Å²) in [6.45, 7) is 2.41. The second kappa shape index (κ2) is 24.8. The third-order valence-corrected chi connectivity index (χ3v) is 7.12. The number of benzene rings is 1. The molecule has 7 N–H and O–H groups in total.